The number of hydrogen-bond acceptors (Lipinski definition) is 4. The predicted molar refractivity (Wildman–Crippen MR) is 63.0 cm³/mol. The highest BCUT2D eigenvalue weighted by Crippen LogP contribution is 2.42. The summed E-state index contributed by atoms with van der Waals surface area (Å²) in [6, 6.07) is 0. The van der Waals surface area contributed by atoms with E-state index in [4.69, 9.17) is 10.5 Å². The lowest BCUT2D eigenvalue weighted by Crippen LogP contribution is -2.30. The molecule has 1 saturated carbocycles. The van der Waals surface area contributed by atoms with E-state index in [1.165, 1.54) is 19.3 Å². The van der Waals surface area contributed by atoms with Crippen molar-refractivity contribution in [3.63, 3.8) is 0 Å². The lowest BCUT2D eigenvalue weighted by molar-refractivity contribution is -0.0445. The Morgan fingerprint density at radius 2 is 2.00 bits per heavy atom. The molecule has 0 amide bonds. The summed E-state index contributed by atoms with van der Waals surface area (Å²) in [7, 11) is 1.79. The minimum Gasteiger partial charge on any atom is -0.383 e. The average molecular weight is 226 g/mol. The Labute approximate surface area is 94.7 Å². The van der Waals surface area contributed by atoms with Gasteiger partial charge in [-0.25, -0.2) is 4.98 Å². The molecule has 1 heterocycles. The van der Waals surface area contributed by atoms with Crippen LogP contribution in [0.4, 0.5) is 5.82 Å². The normalized spacial score (nSPS) is 20.4. The van der Waals surface area contributed by atoms with Crippen molar-refractivity contribution < 1.29 is 4.74 Å². The van der Waals surface area contributed by atoms with E-state index in [2.05, 4.69) is 4.98 Å². The summed E-state index contributed by atoms with van der Waals surface area (Å²) in [6.07, 6.45) is 5.93. The quantitative estimate of drug-likeness (QED) is 0.843. The minimum absolute atomic E-state index is 0.148. The standard InChI is InChI=1S/C11H18N2OS/c1-8-9(12)13-10(15-8)11(14-2)6-4-3-5-7-11/h3-7,12H2,1-2H3. The number of aromatic nitrogens is 1. The zero-order valence-corrected chi connectivity index (χ0v) is 10.2. The molecular formula is C11H18N2OS. The highest BCUT2D eigenvalue weighted by molar-refractivity contribution is 7.12. The highest BCUT2D eigenvalue weighted by Gasteiger charge is 2.37. The van der Waals surface area contributed by atoms with Gasteiger partial charge in [0.1, 0.15) is 16.4 Å². The molecule has 2 N–H and O–H groups in total. The van der Waals surface area contributed by atoms with Gasteiger partial charge in [0.05, 0.1) is 0 Å². The first-order valence-corrected chi connectivity index (χ1v) is 6.28. The molecule has 1 aromatic rings. The van der Waals surface area contributed by atoms with Gasteiger partial charge < -0.3 is 10.5 Å². The monoisotopic (exact) mass is 226 g/mol. The zero-order valence-electron chi connectivity index (χ0n) is 9.38. The molecule has 15 heavy (non-hydrogen) atoms. The van der Waals surface area contributed by atoms with Gasteiger partial charge in [0.2, 0.25) is 0 Å². The number of nitrogens with zero attached hydrogens (tertiary/aromatic N) is 1. The minimum atomic E-state index is -0.148. The third-order valence-electron chi connectivity index (χ3n) is 3.27. The van der Waals surface area contributed by atoms with Crippen molar-refractivity contribution in [2.24, 2.45) is 0 Å². The van der Waals surface area contributed by atoms with Gasteiger partial charge in [-0.3, -0.25) is 0 Å². The smallest absolute Gasteiger partial charge is 0.137 e. The highest BCUT2D eigenvalue weighted by atomic mass is 32.1. The van der Waals surface area contributed by atoms with Crippen molar-refractivity contribution in [2.75, 3.05) is 12.8 Å². The van der Waals surface area contributed by atoms with Gasteiger partial charge in [0.15, 0.2) is 0 Å². The third kappa shape index (κ3) is 1.88. The van der Waals surface area contributed by atoms with Crippen LogP contribution in [-0.4, -0.2) is 12.1 Å². The Morgan fingerprint density at radius 1 is 1.33 bits per heavy atom. The van der Waals surface area contributed by atoms with Gasteiger partial charge in [-0.2, -0.15) is 0 Å². The van der Waals surface area contributed by atoms with Crippen LogP contribution in [0.15, 0.2) is 0 Å². The van der Waals surface area contributed by atoms with E-state index in [9.17, 15) is 0 Å². The van der Waals surface area contributed by atoms with Crippen LogP contribution in [0.1, 0.15) is 42.0 Å². The maximum absolute atomic E-state index is 5.80. The summed E-state index contributed by atoms with van der Waals surface area (Å²) in [4.78, 5) is 5.55. The van der Waals surface area contributed by atoms with E-state index >= 15 is 0 Å². The lowest BCUT2D eigenvalue weighted by atomic mass is 9.85. The first-order valence-electron chi connectivity index (χ1n) is 5.46. The number of hydrogen-bond donors (Lipinski definition) is 1. The summed E-state index contributed by atoms with van der Waals surface area (Å²) in [5.41, 5.74) is 5.66. The van der Waals surface area contributed by atoms with E-state index in [0.717, 1.165) is 22.7 Å². The fourth-order valence-corrected chi connectivity index (χ4v) is 3.29. The van der Waals surface area contributed by atoms with Gasteiger partial charge in [-0.1, -0.05) is 19.3 Å². The van der Waals surface area contributed by atoms with E-state index in [1.807, 2.05) is 6.92 Å². The van der Waals surface area contributed by atoms with E-state index in [1.54, 1.807) is 18.4 Å². The van der Waals surface area contributed by atoms with Gasteiger partial charge in [-0.05, 0) is 19.8 Å². The molecule has 1 fully saturated rings. The van der Waals surface area contributed by atoms with Crippen LogP contribution in [0, 0.1) is 6.92 Å². The van der Waals surface area contributed by atoms with E-state index in [0.29, 0.717) is 5.82 Å². The maximum Gasteiger partial charge on any atom is 0.137 e. The van der Waals surface area contributed by atoms with Crippen molar-refractivity contribution in [3.8, 4) is 0 Å². The molecule has 0 radical (unpaired) electrons. The number of anilines is 1. The summed E-state index contributed by atoms with van der Waals surface area (Å²) < 4.78 is 5.73. The molecule has 1 aliphatic rings. The van der Waals surface area contributed by atoms with Crippen molar-refractivity contribution in [2.45, 2.75) is 44.6 Å². The number of nitrogens with two attached hydrogens (primary N) is 1. The van der Waals surface area contributed by atoms with Crippen molar-refractivity contribution >= 4 is 17.2 Å². The summed E-state index contributed by atoms with van der Waals surface area (Å²) >= 11 is 1.68. The van der Waals surface area contributed by atoms with Crippen LogP contribution in [0.2, 0.25) is 0 Å². The molecule has 84 valence electrons. The van der Waals surface area contributed by atoms with Crippen LogP contribution in [-0.2, 0) is 10.3 Å². The fourth-order valence-electron chi connectivity index (χ4n) is 2.23. The van der Waals surface area contributed by atoms with Crippen LogP contribution in [0.25, 0.3) is 0 Å². The van der Waals surface area contributed by atoms with Crippen LogP contribution in [0.3, 0.4) is 0 Å². The van der Waals surface area contributed by atoms with Crippen molar-refractivity contribution in [3.05, 3.63) is 9.88 Å². The largest absolute Gasteiger partial charge is 0.383 e. The molecule has 0 aromatic carbocycles. The van der Waals surface area contributed by atoms with Crippen molar-refractivity contribution in [1.82, 2.24) is 4.98 Å². The fraction of sp³-hybridized carbons (Fsp3) is 0.727. The van der Waals surface area contributed by atoms with Gasteiger partial charge in [0, 0.05) is 12.0 Å². The number of nitrogen functional groups attached to an aromatic ring is 1. The number of rotatable bonds is 2. The first kappa shape index (κ1) is 10.9. The van der Waals surface area contributed by atoms with Crippen LogP contribution >= 0.6 is 11.3 Å². The van der Waals surface area contributed by atoms with E-state index in [-0.39, 0.29) is 5.60 Å². The second-order valence-electron chi connectivity index (χ2n) is 4.22. The van der Waals surface area contributed by atoms with Crippen LogP contribution in [0.5, 0.6) is 0 Å². The molecule has 0 aliphatic heterocycles. The number of aryl methyl sites for hydroxylation is 1. The average Bonchev–Trinajstić information content (AvgIpc) is 2.61. The molecule has 1 aromatic heterocycles. The number of methoxy groups -OCH3 is 1. The second kappa shape index (κ2) is 4.10. The summed E-state index contributed by atoms with van der Waals surface area (Å²) in [6.45, 7) is 2.02. The number of ether oxygens (including phenoxy) is 1. The van der Waals surface area contributed by atoms with Crippen LogP contribution < -0.4 is 5.73 Å². The number of thiazole rings is 1. The molecule has 1 aliphatic carbocycles. The molecule has 0 atom stereocenters. The Balaban J connectivity index is 2.32. The Hall–Kier alpha value is -0.610. The van der Waals surface area contributed by atoms with Gasteiger partial charge >= 0.3 is 0 Å². The second-order valence-corrected chi connectivity index (χ2v) is 5.42. The summed E-state index contributed by atoms with van der Waals surface area (Å²) in [5, 5.41) is 1.07. The molecule has 0 bridgehead atoms. The first-order chi connectivity index (χ1) is 7.18. The molecule has 0 saturated heterocycles. The lowest BCUT2D eigenvalue weighted by Gasteiger charge is -2.33. The zero-order chi connectivity index (χ0) is 10.9. The Kier molecular flexibility index (Phi) is 2.98. The molecule has 4 heteroatoms. The summed E-state index contributed by atoms with van der Waals surface area (Å²) in [5.74, 6) is 0.664. The molecule has 2 rings (SSSR count). The topological polar surface area (TPSA) is 48.1 Å². The third-order valence-corrected chi connectivity index (χ3v) is 4.45. The Bertz CT molecular complexity index is 323. The van der Waals surface area contributed by atoms with E-state index < -0.39 is 0 Å². The maximum atomic E-state index is 5.80. The molecule has 3 nitrogen and oxygen atoms in total. The predicted octanol–water partition coefficient (Wildman–Crippen LogP) is 2.84. The molecular weight excluding hydrogens is 208 g/mol. The van der Waals surface area contributed by atoms with Gasteiger partial charge in [-0.15, -0.1) is 11.3 Å². The van der Waals surface area contributed by atoms with Gasteiger partial charge in [0.25, 0.3) is 0 Å². The Morgan fingerprint density at radius 3 is 2.47 bits per heavy atom. The SMILES string of the molecule is COC1(c2nc(N)c(C)s2)CCCCC1. The molecule has 0 unspecified atom stereocenters. The molecule has 0 spiro atoms. The van der Waals surface area contributed by atoms with Crippen molar-refractivity contribution in [1.29, 1.82) is 0 Å².